The van der Waals surface area contributed by atoms with E-state index in [4.69, 9.17) is 15.9 Å². The zero-order valence-electron chi connectivity index (χ0n) is 10.0. The van der Waals surface area contributed by atoms with Crippen LogP contribution in [0.25, 0.3) is 0 Å². The van der Waals surface area contributed by atoms with E-state index in [9.17, 15) is 8.42 Å². The van der Waals surface area contributed by atoms with E-state index in [1.807, 2.05) is 31.2 Å². The van der Waals surface area contributed by atoms with Crippen LogP contribution in [0.3, 0.4) is 0 Å². The van der Waals surface area contributed by atoms with Crippen LogP contribution in [0.2, 0.25) is 0 Å². The lowest BCUT2D eigenvalue weighted by Crippen LogP contribution is -2.09. The molecular formula is C12H10ClN3O2S. The molecule has 1 aromatic heterocycles. The van der Waals surface area contributed by atoms with Crippen molar-refractivity contribution in [2.75, 3.05) is 0 Å². The summed E-state index contributed by atoms with van der Waals surface area (Å²) in [6, 6.07) is 9.35. The van der Waals surface area contributed by atoms with E-state index in [2.05, 4.69) is 5.10 Å². The molecule has 19 heavy (non-hydrogen) atoms. The third-order valence-corrected chi connectivity index (χ3v) is 3.89. The predicted octanol–water partition coefficient (Wildman–Crippen LogP) is 2.04. The second-order valence-corrected chi connectivity index (χ2v) is 6.54. The summed E-state index contributed by atoms with van der Waals surface area (Å²) in [5.41, 5.74) is 1.89. The highest BCUT2D eigenvalue weighted by Gasteiger charge is 2.22. The Morgan fingerprint density at radius 3 is 2.79 bits per heavy atom. The highest BCUT2D eigenvalue weighted by Crippen LogP contribution is 2.20. The Balaban J connectivity index is 2.48. The Morgan fingerprint density at radius 1 is 1.47 bits per heavy atom. The summed E-state index contributed by atoms with van der Waals surface area (Å²) in [6.45, 7) is 2.18. The van der Waals surface area contributed by atoms with Gasteiger partial charge in [-0.1, -0.05) is 29.8 Å². The Bertz CT molecular complexity index is 760. The highest BCUT2D eigenvalue weighted by atomic mass is 35.7. The van der Waals surface area contributed by atoms with Gasteiger partial charge in [-0.15, -0.1) is 0 Å². The molecule has 0 N–H and O–H groups in total. The van der Waals surface area contributed by atoms with Crippen molar-refractivity contribution in [3.8, 4) is 6.07 Å². The Labute approximate surface area is 115 Å². The molecule has 0 aliphatic rings. The van der Waals surface area contributed by atoms with Crippen LogP contribution in [0.1, 0.15) is 16.7 Å². The van der Waals surface area contributed by atoms with Crippen molar-refractivity contribution in [1.82, 2.24) is 9.78 Å². The van der Waals surface area contributed by atoms with Gasteiger partial charge in [0.15, 0.2) is 5.03 Å². The third kappa shape index (κ3) is 2.95. The summed E-state index contributed by atoms with van der Waals surface area (Å²) >= 11 is 0. The van der Waals surface area contributed by atoms with Gasteiger partial charge < -0.3 is 0 Å². The van der Waals surface area contributed by atoms with Gasteiger partial charge >= 0.3 is 0 Å². The third-order valence-electron chi connectivity index (χ3n) is 2.56. The first-order valence-electron chi connectivity index (χ1n) is 5.38. The normalized spacial score (nSPS) is 11.2. The smallest absolute Gasteiger partial charge is 0.247 e. The molecule has 0 spiro atoms. The van der Waals surface area contributed by atoms with Crippen molar-refractivity contribution in [2.45, 2.75) is 18.5 Å². The molecule has 0 amide bonds. The molecule has 1 heterocycles. The van der Waals surface area contributed by atoms with Crippen LogP contribution in [0.5, 0.6) is 0 Å². The van der Waals surface area contributed by atoms with E-state index < -0.39 is 9.05 Å². The van der Waals surface area contributed by atoms with Crippen LogP contribution in [-0.2, 0) is 15.6 Å². The fraction of sp³-hybridized carbons (Fsp3) is 0.167. The average molecular weight is 296 g/mol. The van der Waals surface area contributed by atoms with Crippen LogP contribution in [0, 0.1) is 18.3 Å². The molecule has 0 fully saturated rings. The van der Waals surface area contributed by atoms with Gasteiger partial charge in [-0.25, -0.2) is 13.1 Å². The zero-order chi connectivity index (χ0) is 14.0. The zero-order valence-corrected chi connectivity index (χ0v) is 11.6. The molecule has 0 bridgehead atoms. The standard InChI is InChI=1S/C12H10ClN3O2S/c1-9-3-2-4-10(5-9)8-16-12(19(13,17)18)11(6-14)7-15-16/h2-5,7H,8H2,1H3. The van der Waals surface area contributed by atoms with Crippen LogP contribution in [0.4, 0.5) is 0 Å². The van der Waals surface area contributed by atoms with Gasteiger partial charge in [-0.05, 0) is 12.5 Å². The van der Waals surface area contributed by atoms with Crippen LogP contribution in [0.15, 0.2) is 35.5 Å². The first-order chi connectivity index (χ1) is 8.91. The molecule has 0 unspecified atom stereocenters. The molecule has 0 saturated carbocycles. The Hall–Kier alpha value is -1.84. The predicted molar refractivity (Wildman–Crippen MR) is 70.3 cm³/mol. The Kier molecular flexibility index (Phi) is 3.60. The van der Waals surface area contributed by atoms with E-state index in [-0.39, 0.29) is 17.1 Å². The van der Waals surface area contributed by atoms with Gasteiger partial charge in [-0.2, -0.15) is 10.4 Å². The van der Waals surface area contributed by atoms with E-state index in [0.717, 1.165) is 11.1 Å². The lowest BCUT2D eigenvalue weighted by Gasteiger charge is -2.06. The van der Waals surface area contributed by atoms with E-state index >= 15 is 0 Å². The molecule has 0 saturated heterocycles. The number of aromatic nitrogens is 2. The highest BCUT2D eigenvalue weighted by molar-refractivity contribution is 8.13. The van der Waals surface area contributed by atoms with Crippen molar-refractivity contribution in [3.63, 3.8) is 0 Å². The maximum absolute atomic E-state index is 11.5. The lowest BCUT2D eigenvalue weighted by molar-refractivity contribution is 0.573. The molecule has 98 valence electrons. The number of halogens is 1. The van der Waals surface area contributed by atoms with Crippen molar-refractivity contribution >= 4 is 19.7 Å². The first kappa shape index (κ1) is 13.6. The average Bonchev–Trinajstić information content (AvgIpc) is 2.71. The fourth-order valence-electron chi connectivity index (χ4n) is 1.80. The van der Waals surface area contributed by atoms with E-state index in [1.54, 1.807) is 6.07 Å². The number of aryl methyl sites for hydroxylation is 1. The number of hydrogen-bond acceptors (Lipinski definition) is 4. The summed E-state index contributed by atoms with van der Waals surface area (Å²) in [7, 11) is 1.33. The molecule has 1 aromatic carbocycles. The van der Waals surface area contributed by atoms with Crippen LogP contribution in [-0.4, -0.2) is 18.2 Å². The SMILES string of the molecule is Cc1cccc(Cn2ncc(C#N)c2S(=O)(=O)Cl)c1. The summed E-state index contributed by atoms with van der Waals surface area (Å²) in [5.74, 6) is 0. The van der Waals surface area contributed by atoms with Crippen molar-refractivity contribution in [3.05, 3.63) is 47.2 Å². The van der Waals surface area contributed by atoms with Crippen LogP contribution >= 0.6 is 10.7 Å². The first-order valence-corrected chi connectivity index (χ1v) is 7.69. The van der Waals surface area contributed by atoms with Gasteiger partial charge in [0.05, 0.1) is 12.7 Å². The number of nitriles is 1. The molecule has 0 atom stereocenters. The molecule has 5 nitrogen and oxygen atoms in total. The Morgan fingerprint density at radius 2 is 2.21 bits per heavy atom. The summed E-state index contributed by atoms with van der Waals surface area (Å²) in [6.07, 6.45) is 1.20. The lowest BCUT2D eigenvalue weighted by atomic mass is 10.1. The maximum atomic E-state index is 11.5. The largest absolute Gasteiger partial charge is 0.279 e. The second-order valence-electron chi connectivity index (χ2n) is 4.06. The summed E-state index contributed by atoms with van der Waals surface area (Å²) in [4.78, 5) is 0. The minimum atomic E-state index is -4.01. The number of benzene rings is 1. The quantitative estimate of drug-likeness (QED) is 0.812. The van der Waals surface area contributed by atoms with Crippen molar-refractivity contribution in [2.24, 2.45) is 0 Å². The van der Waals surface area contributed by atoms with Gasteiger partial charge in [0.2, 0.25) is 0 Å². The van der Waals surface area contributed by atoms with E-state index in [1.165, 1.54) is 10.9 Å². The molecule has 2 aromatic rings. The molecule has 2 rings (SSSR count). The monoisotopic (exact) mass is 295 g/mol. The topological polar surface area (TPSA) is 75.8 Å². The van der Waals surface area contributed by atoms with Gasteiger partial charge in [0.25, 0.3) is 9.05 Å². The minimum absolute atomic E-state index is 0.0531. The van der Waals surface area contributed by atoms with Crippen molar-refractivity contribution in [1.29, 1.82) is 5.26 Å². The van der Waals surface area contributed by atoms with Gasteiger partial charge in [-0.3, -0.25) is 0 Å². The maximum Gasteiger partial charge on any atom is 0.279 e. The van der Waals surface area contributed by atoms with Gasteiger partial charge in [0, 0.05) is 10.7 Å². The summed E-state index contributed by atoms with van der Waals surface area (Å²) < 4.78 is 24.2. The molecular weight excluding hydrogens is 286 g/mol. The molecule has 0 aliphatic heterocycles. The molecule has 7 heteroatoms. The molecule has 0 radical (unpaired) electrons. The van der Waals surface area contributed by atoms with Crippen molar-refractivity contribution < 1.29 is 8.42 Å². The second kappa shape index (κ2) is 5.03. The van der Waals surface area contributed by atoms with E-state index in [0.29, 0.717) is 0 Å². The minimum Gasteiger partial charge on any atom is -0.247 e. The summed E-state index contributed by atoms with van der Waals surface area (Å²) in [5, 5.41) is 12.5. The number of rotatable bonds is 3. The van der Waals surface area contributed by atoms with Crippen LogP contribution < -0.4 is 0 Å². The molecule has 0 aliphatic carbocycles. The van der Waals surface area contributed by atoms with Gasteiger partial charge in [0.1, 0.15) is 11.6 Å². The fourth-order valence-corrected chi connectivity index (χ4v) is 3.02. The number of nitrogens with zero attached hydrogens (tertiary/aromatic N) is 3. The number of hydrogen-bond donors (Lipinski definition) is 0.